The highest BCUT2D eigenvalue weighted by Gasteiger charge is 2.10. The van der Waals surface area contributed by atoms with Crippen LogP contribution in [-0.4, -0.2) is 25.7 Å². The summed E-state index contributed by atoms with van der Waals surface area (Å²) in [6, 6.07) is 3.66. The molecule has 0 saturated heterocycles. The highest BCUT2D eigenvalue weighted by Crippen LogP contribution is 2.13. The molecule has 1 amide bonds. The van der Waals surface area contributed by atoms with Crippen LogP contribution in [-0.2, 0) is 18.3 Å². The Hall–Kier alpha value is -2.24. The summed E-state index contributed by atoms with van der Waals surface area (Å²) < 4.78 is 1.55. The third kappa shape index (κ3) is 2.05. The smallest absolute Gasteiger partial charge is 0.225 e. The normalized spacial score (nSPS) is 10.3. The number of hydrogen-bond acceptors (Lipinski definition) is 4. The maximum Gasteiger partial charge on any atom is 0.225 e. The van der Waals surface area contributed by atoms with Gasteiger partial charge in [0.2, 0.25) is 5.91 Å². The zero-order chi connectivity index (χ0) is 11.5. The number of nitrogens with zero attached hydrogens (tertiary/aromatic N) is 4. The van der Waals surface area contributed by atoms with Crippen LogP contribution in [0.3, 0.4) is 0 Å². The van der Waals surface area contributed by atoms with Crippen LogP contribution in [0.15, 0.2) is 24.5 Å². The second-order valence-corrected chi connectivity index (χ2v) is 3.36. The van der Waals surface area contributed by atoms with E-state index < -0.39 is 5.91 Å². The van der Waals surface area contributed by atoms with E-state index in [1.165, 1.54) is 0 Å². The average molecular weight is 217 g/mol. The Morgan fingerprint density at radius 2 is 2.38 bits per heavy atom. The van der Waals surface area contributed by atoms with E-state index in [0.717, 1.165) is 5.56 Å². The van der Waals surface area contributed by atoms with Crippen molar-refractivity contribution in [3.05, 3.63) is 30.4 Å². The highest BCUT2D eigenvalue weighted by atomic mass is 16.1. The monoisotopic (exact) mass is 217 g/mol. The van der Waals surface area contributed by atoms with Gasteiger partial charge in [0.15, 0.2) is 5.82 Å². The molecule has 0 saturated carbocycles. The van der Waals surface area contributed by atoms with Crippen molar-refractivity contribution in [1.82, 2.24) is 19.7 Å². The van der Waals surface area contributed by atoms with Gasteiger partial charge in [0.1, 0.15) is 5.82 Å². The molecule has 0 unspecified atom stereocenters. The molecule has 0 spiro atoms. The maximum absolute atomic E-state index is 10.8. The lowest BCUT2D eigenvalue weighted by atomic mass is 10.3. The van der Waals surface area contributed by atoms with Crippen LogP contribution in [0, 0.1) is 0 Å². The average Bonchev–Trinajstić information content (AvgIpc) is 2.61. The van der Waals surface area contributed by atoms with Crippen molar-refractivity contribution in [2.75, 3.05) is 0 Å². The largest absolute Gasteiger partial charge is 0.369 e. The number of pyridine rings is 1. The molecular weight excluding hydrogens is 206 g/mol. The van der Waals surface area contributed by atoms with Crippen LogP contribution in [0.1, 0.15) is 5.82 Å². The fourth-order valence-corrected chi connectivity index (χ4v) is 1.34. The van der Waals surface area contributed by atoms with E-state index in [9.17, 15) is 4.79 Å². The second-order valence-electron chi connectivity index (χ2n) is 3.36. The molecule has 0 aliphatic carbocycles. The van der Waals surface area contributed by atoms with Crippen LogP contribution in [0.2, 0.25) is 0 Å². The maximum atomic E-state index is 10.8. The quantitative estimate of drug-likeness (QED) is 0.778. The van der Waals surface area contributed by atoms with Crippen molar-refractivity contribution < 1.29 is 4.79 Å². The topological polar surface area (TPSA) is 86.7 Å². The summed E-state index contributed by atoms with van der Waals surface area (Å²) in [6.07, 6.45) is 3.43. The van der Waals surface area contributed by atoms with Gasteiger partial charge in [-0.15, -0.1) is 0 Å². The van der Waals surface area contributed by atoms with Crippen LogP contribution >= 0.6 is 0 Å². The molecule has 82 valence electrons. The van der Waals surface area contributed by atoms with E-state index in [2.05, 4.69) is 15.1 Å². The lowest BCUT2D eigenvalue weighted by Crippen LogP contribution is -2.16. The number of hydrogen-bond donors (Lipinski definition) is 1. The summed E-state index contributed by atoms with van der Waals surface area (Å²) in [7, 11) is 1.73. The van der Waals surface area contributed by atoms with Crippen molar-refractivity contribution in [3.63, 3.8) is 0 Å². The number of primary amides is 1. The summed E-state index contributed by atoms with van der Waals surface area (Å²) in [4.78, 5) is 19.0. The Kier molecular flexibility index (Phi) is 2.63. The Morgan fingerprint density at radius 3 is 3.00 bits per heavy atom. The number of aryl methyl sites for hydroxylation is 1. The molecule has 2 heterocycles. The van der Waals surface area contributed by atoms with E-state index in [0.29, 0.717) is 11.6 Å². The summed E-state index contributed by atoms with van der Waals surface area (Å²) in [5, 5.41) is 4.19. The Labute approximate surface area is 92.1 Å². The summed E-state index contributed by atoms with van der Waals surface area (Å²) in [6.45, 7) is 0. The van der Waals surface area contributed by atoms with Gasteiger partial charge in [0, 0.05) is 25.0 Å². The molecule has 0 aliphatic heterocycles. The molecule has 2 N–H and O–H groups in total. The van der Waals surface area contributed by atoms with Crippen molar-refractivity contribution in [3.8, 4) is 11.4 Å². The first-order valence-electron chi connectivity index (χ1n) is 4.75. The van der Waals surface area contributed by atoms with Crippen LogP contribution in [0.4, 0.5) is 0 Å². The van der Waals surface area contributed by atoms with Crippen LogP contribution in [0.25, 0.3) is 11.4 Å². The fraction of sp³-hybridized carbons (Fsp3) is 0.200. The molecule has 0 aliphatic rings. The van der Waals surface area contributed by atoms with Crippen LogP contribution in [0.5, 0.6) is 0 Å². The van der Waals surface area contributed by atoms with Gasteiger partial charge in [0.05, 0.1) is 6.42 Å². The molecule has 6 nitrogen and oxygen atoms in total. The molecule has 2 rings (SSSR count). The zero-order valence-corrected chi connectivity index (χ0v) is 8.79. The van der Waals surface area contributed by atoms with Gasteiger partial charge in [-0.3, -0.25) is 14.5 Å². The van der Waals surface area contributed by atoms with Crippen molar-refractivity contribution >= 4 is 5.91 Å². The lowest BCUT2D eigenvalue weighted by molar-refractivity contribution is -0.117. The molecule has 0 atom stereocenters. The highest BCUT2D eigenvalue weighted by molar-refractivity contribution is 5.75. The minimum atomic E-state index is -0.423. The van der Waals surface area contributed by atoms with Crippen molar-refractivity contribution in [1.29, 1.82) is 0 Å². The summed E-state index contributed by atoms with van der Waals surface area (Å²) in [5.74, 6) is 0.673. The number of aromatic nitrogens is 4. The van der Waals surface area contributed by atoms with E-state index in [4.69, 9.17) is 5.73 Å². The molecule has 16 heavy (non-hydrogen) atoms. The first-order chi connectivity index (χ1) is 7.66. The number of carbonyl (C=O) groups is 1. The van der Waals surface area contributed by atoms with E-state index in [-0.39, 0.29) is 6.42 Å². The molecule has 0 fully saturated rings. The van der Waals surface area contributed by atoms with Gasteiger partial charge < -0.3 is 5.73 Å². The minimum Gasteiger partial charge on any atom is -0.369 e. The molecule has 0 radical (unpaired) electrons. The molecular formula is C10H11N5O. The predicted molar refractivity (Wildman–Crippen MR) is 57.1 cm³/mol. The van der Waals surface area contributed by atoms with Crippen molar-refractivity contribution in [2.45, 2.75) is 6.42 Å². The second kappa shape index (κ2) is 4.09. The third-order valence-electron chi connectivity index (χ3n) is 2.11. The first kappa shape index (κ1) is 10.3. The molecule has 6 heteroatoms. The standard InChI is InChI=1S/C10H11N5O/c1-15-9(5-8(11)16)13-10(14-15)7-3-2-4-12-6-7/h2-4,6H,5H2,1H3,(H2,11,16). The lowest BCUT2D eigenvalue weighted by Gasteiger charge is -1.93. The van der Waals surface area contributed by atoms with Gasteiger partial charge >= 0.3 is 0 Å². The third-order valence-corrected chi connectivity index (χ3v) is 2.11. The van der Waals surface area contributed by atoms with Gasteiger partial charge in [-0.2, -0.15) is 5.10 Å². The number of amides is 1. The minimum absolute atomic E-state index is 0.0871. The zero-order valence-electron chi connectivity index (χ0n) is 8.79. The number of rotatable bonds is 3. The fourth-order valence-electron chi connectivity index (χ4n) is 1.34. The summed E-state index contributed by atoms with van der Waals surface area (Å²) in [5.41, 5.74) is 5.92. The Morgan fingerprint density at radius 1 is 1.56 bits per heavy atom. The number of carbonyl (C=O) groups excluding carboxylic acids is 1. The number of nitrogens with two attached hydrogens (primary N) is 1. The summed E-state index contributed by atoms with van der Waals surface area (Å²) >= 11 is 0. The van der Waals surface area contributed by atoms with Gasteiger partial charge in [0.25, 0.3) is 0 Å². The van der Waals surface area contributed by atoms with Gasteiger partial charge in [-0.25, -0.2) is 4.98 Å². The predicted octanol–water partition coefficient (Wildman–Crippen LogP) is -0.0951. The van der Waals surface area contributed by atoms with E-state index >= 15 is 0 Å². The van der Waals surface area contributed by atoms with E-state index in [1.807, 2.05) is 6.07 Å². The SMILES string of the molecule is Cn1nc(-c2cccnc2)nc1CC(N)=O. The molecule has 2 aromatic heterocycles. The Balaban J connectivity index is 2.34. The van der Waals surface area contributed by atoms with Crippen LogP contribution < -0.4 is 5.73 Å². The van der Waals surface area contributed by atoms with Gasteiger partial charge in [-0.05, 0) is 12.1 Å². The van der Waals surface area contributed by atoms with E-state index in [1.54, 1.807) is 30.2 Å². The van der Waals surface area contributed by atoms with Crippen molar-refractivity contribution in [2.24, 2.45) is 12.8 Å². The molecule has 0 bridgehead atoms. The molecule has 2 aromatic rings. The first-order valence-corrected chi connectivity index (χ1v) is 4.75. The molecule has 0 aromatic carbocycles. The van der Waals surface area contributed by atoms with Gasteiger partial charge in [-0.1, -0.05) is 0 Å². The Bertz CT molecular complexity index is 505.